The number of aliphatic carboxylic acids is 1. The van der Waals surface area contributed by atoms with Crippen molar-refractivity contribution in [3.8, 4) is 5.75 Å². The van der Waals surface area contributed by atoms with Crippen molar-refractivity contribution in [3.05, 3.63) is 60.4 Å². The molecule has 0 amide bonds. The second-order valence-corrected chi connectivity index (χ2v) is 4.54. The molecule has 2 aromatic carbocycles. The van der Waals surface area contributed by atoms with Crippen molar-refractivity contribution >= 4 is 23.2 Å². The average Bonchev–Trinajstić information content (AvgIpc) is 2.95. The van der Waals surface area contributed by atoms with Crippen LogP contribution in [0, 0.1) is 0 Å². The first-order valence-electron chi connectivity index (χ1n) is 6.64. The monoisotopic (exact) mass is 295 g/mol. The summed E-state index contributed by atoms with van der Waals surface area (Å²) >= 11 is 0. The van der Waals surface area contributed by atoms with Gasteiger partial charge in [-0.2, -0.15) is 5.10 Å². The van der Waals surface area contributed by atoms with Crippen molar-refractivity contribution in [2.24, 2.45) is 5.10 Å². The lowest BCUT2D eigenvalue weighted by molar-refractivity contribution is -0.139. The lowest BCUT2D eigenvalue weighted by Crippen LogP contribution is -2.10. The van der Waals surface area contributed by atoms with Crippen LogP contribution in [0.3, 0.4) is 0 Å². The van der Waals surface area contributed by atoms with E-state index in [1.165, 1.54) is 0 Å². The molecule has 0 unspecified atom stereocenters. The van der Waals surface area contributed by atoms with E-state index in [0.717, 1.165) is 11.0 Å². The highest BCUT2D eigenvalue weighted by Gasteiger charge is 2.04. The molecule has 6 heteroatoms. The Labute approximate surface area is 126 Å². The van der Waals surface area contributed by atoms with E-state index in [-0.39, 0.29) is 0 Å². The van der Waals surface area contributed by atoms with Crippen LogP contribution < -0.4 is 4.74 Å². The minimum atomic E-state index is -1.02. The number of benzene rings is 2. The zero-order valence-corrected chi connectivity index (χ0v) is 11.6. The van der Waals surface area contributed by atoms with Crippen LogP contribution in [0.15, 0.2) is 60.0 Å². The van der Waals surface area contributed by atoms with Crippen LogP contribution in [-0.2, 0) is 4.79 Å². The molecule has 6 nitrogen and oxygen atoms in total. The third-order valence-corrected chi connectivity index (χ3v) is 3.03. The molecule has 0 saturated heterocycles. The molecule has 0 aliphatic heterocycles. The van der Waals surface area contributed by atoms with Gasteiger partial charge in [0.2, 0.25) is 0 Å². The highest BCUT2D eigenvalue weighted by Crippen LogP contribution is 2.16. The summed E-state index contributed by atoms with van der Waals surface area (Å²) in [4.78, 5) is 14.9. The number of hydrogen-bond acceptors (Lipinski definition) is 4. The van der Waals surface area contributed by atoms with E-state index >= 15 is 0 Å². The molecule has 0 saturated carbocycles. The van der Waals surface area contributed by atoms with E-state index in [2.05, 4.69) is 10.1 Å². The van der Waals surface area contributed by atoms with Crippen molar-refractivity contribution in [3.63, 3.8) is 0 Å². The zero-order valence-electron chi connectivity index (χ0n) is 11.6. The SMILES string of the molecule is O=C(O)COc1ccccc1/C=N\n1cnc2ccccc21. The topological polar surface area (TPSA) is 76.7 Å². The van der Waals surface area contributed by atoms with Crippen LogP contribution in [0.4, 0.5) is 0 Å². The van der Waals surface area contributed by atoms with Gasteiger partial charge >= 0.3 is 5.97 Å². The van der Waals surface area contributed by atoms with Crippen molar-refractivity contribution in [1.82, 2.24) is 9.66 Å². The van der Waals surface area contributed by atoms with E-state index in [9.17, 15) is 4.79 Å². The number of rotatable bonds is 5. The summed E-state index contributed by atoms with van der Waals surface area (Å²) < 4.78 is 6.90. The Bertz CT molecular complexity index is 839. The highest BCUT2D eigenvalue weighted by atomic mass is 16.5. The second kappa shape index (κ2) is 6.09. The molecule has 0 spiro atoms. The highest BCUT2D eigenvalue weighted by molar-refractivity contribution is 5.84. The normalized spacial score (nSPS) is 11.1. The fraction of sp³-hybridized carbons (Fsp3) is 0.0625. The molecule has 0 radical (unpaired) electrons. The van der Waals surface area contributed by atoms with Crippen molar-refractivity contribution < 1.29 is 14.6 Å². The van der Waals surface area contributed by atoms with Gasteiger partial charge in [0.05, 0.1) is 17.2 Å². The third kappa shape index (κ3) is 2.95. The molecule has 0 bridgehead atoms. The molecule has 22 heavy (non-hydrogen) atoms. The van der Waals surface area contributed by atoms with Gasteiger partial charge in [-0.15, -0.1) is 0 Å². The molecule has 1 heterocycles. The predicted octanol–water partition coefficient (Wildman–Crippen LogP) is 2.38. The molecule has 3 rings (SSSR count). The van der Waals surface area contributed by atoms with E-state index < -0.39 is 12.6 Å². The van der Waals surface area contributed by atoms with Crippen molar-refractivity contribution in [1.29, 1.82) is 0 Å². The van der Waals surface area contributed by atoms with Gasteiger partial charge in [-0.25, -0.2) is 14.5 Å². The van der Waals surface area contributed by atoms with E-state index in [1.54, 1.807) is 35.4 Å². The van der Waals surface area contributed by atoms with Crippen LogP contribution in [0.25, 0.3) is 11.0 Å². The Morgan fingerprint density at radius 3 is 2.86 bits per heavy atom. The minimum Gasteiger partial charge on any atom is -0.481 e. The third-order valence-electron chi connectivity index (χ3n) is 3.03. The molecule has 1 N–H and O–H groups in total. The fourth-order valence-corrected chi connectivity index (χ4v) is 2.02. The summed E-state index contributed by atoms with van der Waals surface area (Å²) in [6.45, 7) is -0.390. The number of para-hydroxylation sites is 3. The summed E-state index contributed by atoms with van der Waals surface area (Å²) in [6, 6.07) is 14.8. The molecule has 1 aromatic heterocycles. The van der Waals surface area contributed by atoms with Crippen LogP contribution in [-0.4, -0.2) is 33.6 Å². The van der Waals surface area contributed by atoms with Gasteiger partial charge in [0, 0.05) is 5.56 Å². The maximum Gasteiger partial charge on any atom is 0.341 e. The standard InChI is InChI=1S/C16H13N3O3/c20-16(21)10-22-15-8-4-1-5-12(15)9-18-19-11-17-13-6-2-3-7-14(13)19/h1-9,11H,10H2,(H,20,21)/b18-9-. The number of hydrogen-bond donors (Lipinski definition) is 1. The van der Waals surface area contributed by atoms with E-state index in [4.69, 9.17) is 9.84 Å². The summed E-state index contributed by atoms with van der Waals surface area (Å²) in [5.41, 5.74) is 2.44. The number of imidazole rings is 1. The summed E-state index contributed by atoms with van der Waals surface area (Å²) in [5.74, 6) is -0.551. The van der Waals surface area contributed by atoms with E-state index in [1.807, 2.05) is 30.3 Å². The molecule has 3 aromatic rings. The van der Waals surface area contributed by atoms with Crippen molar-refractivity contribution in [2.75, 3.05) is 6.61 Å². The number of fused-ring (bicyclic) bond motifs is 1. The van der Waals surface area contributed by atoms with Crippen LogP contribution in [0.5, 0.6) is 5.75 Å². The first-order chi connectivity index (χ1) is 10.7. The Hall–Kier alpha value is -3.15. The predicted molar refractivity (Wildman–Crippen MR) is 82.3 cm³/mol. The maximum atomic E-state index is 10.6. The quantitative estimate of drug-likeness (QED) is 0.733. The molecular weight excluding hydrogens is 282 g/mol. The first kappa shape index (κ1) is 13.8. The number of aromatic nitrogens is 2. The van der Waals surface area contributed by atoms with Gasteiger partial charge < -0.3 is 9.84 Å². The number of nitrogens with zero attached hydrogens (tertiary/aromatic N) is 3. The van der Waals surface area contributed by atoms with Crippen LogP contribution in [0.2, 0.25) is 0 Å². The maximum absolute atomic E-state index is 10.6. The first-order valence-corrected chi connectivity index (χ1v) is 6.64. The van der Waals surface area contributed by atoms with Crippen molar-refractivity contribution in [2.45, 2.75) is 0 Å². The molecule has 110 valence electrons. The number of carboxylic acids is 1. The van der Waals surface area contributed by atoms with Gasteiger partial charge in [0.1, 0.15) is 12.1 Å². The largest absolute Gasteiger partial charge is 0.481 e. The van der Waals surface area contributed by atoms with Gasteiger partial charge in [0.25, 0.3) is 0 Å². The molecule has 0 atom stereocenters. The number of carboxylic acid groups (broad SMARTS) is 1. The van der Waals surface area contributed by atoms with Gasteiger partial charge in [-0.05, 0) is 24.3 Å². The molecule has 0 aliphatic rings. The summed E-state index contributed by atoms with van der Waals surface area (Å²) in [7, 11) is 0. The molecular formula is C16H13N3O3. The zero-order chi connectivity index (χ0) is 15.4. The lowest BCUT2D eigenvalue weighted by Gasteiger charge is -2.06. The fourth-order valence-electron chi connectivity index (χ4n) is 2.02. The molecule has 0 fully saturated rings. The Balaban J connectivity index is 1.87. The molecule has 0 aliphatic carbocycles. The van der Waals surface area contributed by atoms with Gasteiger partial charge in [-0.1, -0.05) is 24.3 Å². The number of ether oxygens (including phenoxy) is 1. The van der Waals surface area contributed by atoms with Crippen LogP contribution in [0.1, 0.15) is 5.56 Å². The Kier molecular flexibility index (Phi) is 3.82. The summed E-state index contributed by atoms with van der Waals surface area (Å²) in [6.07, 6.45) is 3.24. The lowest BCUT2D eigenvalue weighted by atomic mass is 10.2. The van der Waals surface area contributed by atoms with Crippen LogP contribution >= 0.6 is 0 Å². The summed E-state index contributed by atoms with van der Waals surface area (Å²) in [5, 5.41) is 13.0. The van der Waals surface area contributed by atoms with E-state index in [0.29, 0.717) is 11.3 Å². The average molecular weight is 295 g/mol. The van der Waals surface area contributed by atoms with Gasteiger partial charge in [0.15, 0.2) is 6.61 Å². The smallest absolute Gasteiger partial charge is 0.341 e. The second-order valence-electron chi connectivity index (χ2n) is 4.54. The number of carbonyl (C=O) groups is 1. The van der Waals surface area contributed by atoms with Gasteiger partial charge in [-0.3, -0.25) is 0 Å². The minimum absolute atomic E-state index is 0.390. The Morgan fingerprint density at radius 2 is 2.00 bits per heavy atom. The Morgan fingerprint density at radius 1 is 1.23 bits per heavy atom.